The van der Waals surface area contributed by atoms with E-state index < -0.39 is 12.1 Å². The first-order valence-electron chi connectivity index (χ1n) is 4.90. The second kappa shape index (κ2) is 7.67. The van der Waals surface area contributed by atoms with Crippen molar-refractivity contribution in [2.75, 3.05) is 20.3 Å². The zero-order valence-corrected chi connectivity index (χ0v) is 9.65. The molecule has 1 atom stereocenters. The van der Waals surface area contributed by atoms with Gasteiger partial charge in [-0.2, -0.15) is 0 Å². The Hall–Kier alpha value is -1.59. The van der Waals surface area contributed by atoms with E-state index in [0.717, 1.165) is 0 Å². The summed E-state index contributed by atoms with van der Waals surface area (Å²) < 4.78 is 13.0. The number of ketones is 1. The maximum atomic E-state index is 10.6. The summed E-state index contributed by atoms with van der Waals surface area (Å²) in [5, 5.41) is 0. The van der Waals surface area contributed by atoms with E-state index in [0.29, 0.717) is 19.6 Å². The standard InChI is InChI=1S/C6H8O3.C4H8O3/c1-4(7)5-2-3-9-6(5)8;1-3-7-4(5)6-2/h5H,2-3H2,1H3;3H2,1-2H3. The van der Waals surface area contributed by atoms with Crippen molar-refractivity contribution in [2.45, 2.75) is 20.3 Å². The number of esters is 1. The van der Waals surface area contributed by atoms with Gasteiger partial charge in [-0.15, -0.1) is 0 Å². The van der Waals surface area contributed by atoms with Crippen molar-refractivity contribution in [1.29, 1.82) is 0 Å². The van der Waals surface area contributed by atoms with Crippen LogP contribution in [-0.4, -0.2) is 38.2 Å². The Morgan fingerprint density at radius 3 is 2.31 bits per heavy atom. The maximum absolute atomic E-state index is 10.6. The molecule has 16 heavy (non-hydrogen) atoms. The molecule has 1 aliphatic heterocycles. The summed E-state index contributed by atoms with van der Waals surface area (Å²) in [5.41, 5.74) is 0. The fourth-order valence-electron chi connectivity index (χ4n) is 1.04. The van der Waals surface area contributed by atoms with Crippen LogP contribution in [0.3, 0.4) is 0 Å². The fraction of sp³-hybridized carbons (Fsp3) is 0.700. The van der Waals surface area contributed by atoms with Gasteiger partial charge in [0, 0.05) is 6.42 Å². The molecule has 0 bridgehead atoms. The van der Waals surface area contributed by atoms with Gasteiger partial charge in [0.05, 0.1) is 20.3 Å². The van der Waals surface area contributed by atoms with Crippen molar-refractivity contribution in [3.05, 3.63) is 0 Å². The summed E-state index contributed by atoms with van der Waals surface area (Å²) in [6, 6.07) is 0. The number of Topliss-reactive ketones (excluding diaryl/α,β-unsaturated/α-hetero) is 1. The molecule has 1 aliphatic rings. The number of methoxy groups -OCH3 is 1. The van der Waals surface area contributed by atoms with Crippen molar-refractivity contribution in [3.63, 3.8) is 0 Å². The molecule has 0 aromatic heterocycles. The van der Waals surface area contributed by atoms with Crippen molar-refractivity contribution < 1.29 is 28.6 Å². The average molecular weight is 232 g/mol. The predicted octanol–water partition coefficient (Wildman–Crippen LogP) is 0.928. The van der Waals surface area contributed by atoms with E-state index in [4.69, 9.17) is 0 Å². The molecule has 0 spiro atoms. The minimum Gasteiger partial charge on any atom is -0.465 e. The second-order valence-electron chi connectivity index (χ2n) is 3.01. The number of hydrogen-bond donors (Lipinski definition) is 0. The minimum atomic E-state index is -0.623. The summed E-state index contributed by atoms with van der Waals surface area (Å²) in [5.74, 6) is -0.912. The van der Waals surface area contributed by atoms with Crippen LogP contribution < -0.4 is 0 Å². The normalized spacial score (nSPS) is 17.9. The summed E-state index contributed by atoms with van der Waals surface area (Å²) in [6.45, 7) is 3.91. The van der Waals surface area contributed by atoms with Gasteiger partial charge in [0.2, 0.25) is 0 Å². The molecule has 0 aromatic rings. The molecule has 1 heterocycles. The van der Waals surface area contributed by atoms with Crippen LogP contribution in [0.25, 0.3) is 0 Å². The van der Waals surface area contributed by atoms with E-state index in [-0.39, 0.29) is 11.8 Å². The molecule has 1 fully saturated rings. The Balaban J connectivity index is 0.000000293. The molecule has 0 aromatic carbocycles. The van der Waals surface area contributed by atoms with Crippen molar-refractivity contribution in [1.82, 2.24) is 0 Å². The van der Waals surface area contributed by atoms with Crippen LogP contribution in [0.15, 0.2) is 0 Å². The van der Waals surface area contributed by atoms with Gasteiger partial charge in [-0.05, 0) is 13.8 Å². The lowest BCUT2D eigenvalue weighted by molar-refractivity contribution is -0.144. The predicted molar refractivity (Wildman–Crippen MR) is 53.8 cm³/mol. The zero-order valence-electron chi connectivity index (χ0n) is 9.65. The van der Waals surface area contributed by atoms with Gasteiger partial charge >= 0.3 is 12.1 Å². The molecule has 0 saturated carbocycles. The Labute approximate surface area is 93.8 Å². The largest absolute Gasteiger partial charge is 0.507 e. The Morgan fingerprint density at radius 1 is 1.50 bits per heavy atom. The molecule has 0 radical (unpaired) electrons. The van der Waals surface area contributed by atoms with E-state index in [9.17, 15) is 14.4 Å². The highest BCUT2D eigenvalue weighted by molar-refractivity contribution is 5.98. The molecule has 0 amide bonds. The number of carbonyl (C=O) groups is 3. The van der Waals surface area contributed by atoms with Gasteiger partial charge in [-0.3, -0.25) is 9.59 Å². The van der Waals surface area contributed by atoms with Crippen LogP contribution in [0.5, 0.6) is 0 Å². The highest BCUT2D eigenvalue weighted by Gasteiger charge is 2.29. The number of carbonyl (C=O) groups excluding carboxylic acids is 3. The average Bonchev–Trinajstić information content (AvgIpc) is 2.66. The number of ether oxygens (including phenoxy) is 3. The second-order valence-corrected chi connectivity index (χ2v) is 3.01. The zero-order chi connectivity index (χ0) is 12.6. The quantitative estimate of drug-likeness (QED) is 0.520. The van der Waals surface area contributed by atoms with Gasteiger partial charge in [-0.1, -0.05) is 0 Å². The minimum absolute atomic E-state index is 0.0856. The van der Waals surface area contributed by atoms with Gasteiger partial charge in [0.15, 0.2) is 0 Å². The van der Waals surface area contributed by atoms with E-state index in [1.165, 1.54) is 14.0 Å². The first-order valence-corrected chi connectivity index (χ1v) is 4.90. The van der Waals surface area contributed by atoms with Crippen LogP contribution in [0.2, 0.25) is 0 Å². The first kappa shape index (κ1) is 14.4. The van der Waals surface area contributed by atoms with Gasteiger partial charge in [0.1, 0.15) is 11.7 Å². The number of cyclic esters (lactones) is 1. The van der Waals surface area contributed by atoms with E-state index >= 15 is 0 Å². The Morgan fingerprint density at radius 2 is 2.12 bits per heavy atom. The molecule has 6 heteroatoms. The summed E-state index contributed by atoms with van der Waals surface area (Å²) in [4.78, 5) is 31.1. The highest BCUT2D eigenvalue weighted by atomic mass is 16.7. The van der Waals surface area contributed by atoms with E-state index in [1.807, 2.05) is 0 Å². The molecule has 1 saturated heterocycles. The van der Waals surface area contributed by atoms with Crippen LogP contribution >= 0.6 is 0 Å². The molecular weight excluding hydrogens is 216 g/mol. The first-order chi connectivity index (χ1) is 7.52. The van der Waals surface area contributed by atoms with E-state index in [1.54, 1.807) is 6.92 Å². The third-order valence-corrected chi connectivity index (χ3v) is 1.85. The van der Waals surface area contributed by atoms with Crippen LogP contribution in [0.1, 0.15) is 20.3 Å². The molecule has 1 unspecified atom stereocenters. The maximum Gasteiger partial charge on any atom is 0.507 e. The van der Waals surface area contributed by atoms with Crippen molar-refractivity contribution in [2.24, 2.45) is 5.92 Å². The van der Waals surface area contributed by atoms with Crippen molar-refractivity contribution in [3.8, 4) is 0 Å². The molecular formula is C10H16O6. The topological polar surface area (TPSA) is 78.9 Å². The van der Waals surface area contributed by atoms with E-state index in [2.05, 4.69) is 14.2 Å². The summed E-state index contributed by atoms with van der Waals surface area (Å²) >= 11 is 0. The smallest absolute Gasteiger partial charge is 0.465 e. The monoisotopic (exact) mass is 232 g/mol. The lowest BCUT2D eigenvalue weighted by atomic mass is 10.1. The third kappa shape index (κ3) is 5.33. The van der Waals surface area contributed by atoms with Gasteiger partial charge < -0.3 is 14.2 Å². The molecule has 92 valence electrons. The van der Waals surface area contributed by atoms with Gasteiger partial charge in [-0.25, -0.2) is 4.79 Å². The molecule has 0 N–H and O–H groups in total. The Kier molecular flexibility index (Phi) is 6.91. The Bertz CT molecular complexity index is 260. The number of hydrogen-bond acceptors (Lipinski definition) is 6. The highest BCUT2D eigenvalue weighted by Crippen LogP contribution is 2.14. The molecule has 1 rings (SSSR count). The van der Waals surface area contributed by atoms with Crippen LogP contribution in [0, 0.1) is 5.92 Å². The SMILES string of the molecule is CC(=O)C1CCOC1=O.CCOC(=O)OC. The van der Waals surface area contributed by atoms with Crippen LogP contribution in [0.4, 0.5) is 4.79 Å². The summed E-state index contributed by atoms with van der Waals surface area (Å²) in [6.07, 6.45) is -0.0590. The molecule has 6 nitrogen and oxygen atoms in total. The van der Waals surface area contributed by atoms with Crippen molar-refractivity contribution >= 4 is 17.9 Å². The lowest BCUT2D eigenvalue weighted by Gasteiger charge is -1.95. The van der Waals surface area contributed by atoms with Crippen LogP contribution in [-0.2, 0) is 23.8 Å². The molecule has 0 aliphatic carbocycles. The fourth-order valence-corrected chi connectivity index (χ4v) is 1.04. The van der Waals surface area contributed by atoms with Gasteiger partial charge in [0.25, 0.3) is 0 Å². The summed E-state index contributed by atoms with van der Waals surface area (Å²) in [7, 11) is 1.28. The third-order valence-electron chi connectivity index (χ3n) is 1.85. The lowest BCUT2D eigenvalue weighted by Crippen LogP contribution is -2.15. The number of rotatable bonds is 2.